The zero-order valence-corrected chi connectivity index (χ0v) is 20.2. The predicted molar refractivity (Wildman–Crippen MR) is 129 cm³/mol. The number of hydrogen-bond donors (Lipinski definition) is 0. The molecule has 0 radical (unpaired) electrons. The Kier molecular flexibility index (Phi) is 5.81. The number of methoxy groups -OCH3 is 2. The van der Waals surface area contributed by atoms with Crippen molar-refractivity contribution in [2.45, 2.75) is 46.0 Å². The van der Waals surface area contributed by atoms with Gasteiger partial charge in [-0.1, -0.05) is 33.6 Å². The van der Waals surface area contributed by atoms with E-state index in [0.717, 1.165) is 34.1 Å². The van der Waals surface area contributed by atoms with Gasteiger partial charge in [-0.3, -0.25) is 4.98 Å². The highest BCUT2D eigenvalue weighted by molar-refractivity contribution is 5.68. The first-order valence-electron chi connectivity index (χ1n) is 11.6. The smallest absolute Gasteiger partial charge is 0.249 e. The molecule has 34 heavy (non-hydrogen) atoms. The Morgan fingerprint density at radius 1 is 1.12 bits per heavy atom. The highest BCUT2D eigenvalue weighted by Crippen LogP contribution is 2.42. The van der Waals surface area contributed by atoms with E-state index < -0.39 is 0 Å². The SMILES string of the molecule is CC1CC1.COc1cc2cc(c1OC)Cc1nc(C(C)C)n3nc(-c4cccnc4)nc(c13)O2. The third kappa shape index (κ3) is 4.16. The van der Waals surface area contributed by atoms with E-state index in [9.17, 15) is 0 Å². The molecule has 8 heteroatoms. The third-order valence-corrected chi connectivity index (χ3v) is 5.96. The fraction of sp³-hybridized carbons (Fsp3) is 0.385. The summed E-state index contributed by atoms with van der Waals surface area (Å²) in [6.07, 6.45) is 6.98. The first-order valence-corrected chi connectivity index (χ1v) is 11.6. The van der Waals surface area contributed by atoms with Crippen molar-refractivity contribution in [1.82, 2.24) is 24.6 Å². The van der Waals surface area contributed by atoms with Crippen molar-refractivity contribution >= 4 is 5.52 Å². The van der Waals surface area contributed by atoms with Gasteiger partial charge in [0.1, 0.15) is 11.6 Å². The molecule has 1 aliphatic carbocycles. The number of imidazole rings is 1. The zero-order valence-electron chi connectivity index (χ0n) is 20.2. The summed E-state index contributed by atoms with van der Waals surface area (Å²) in [4.78, 5) is 13.8. The molecule has 4 aromatic rings. The molecular formula is C26H29N5O3. The average molecular weight is 460 g/mol. The van der Waals surface area contributed by atoms with Crippen LogP contribution in [0.3, 0.4) is 0 Å². The summed E-state index contributed by atoms with van der Waals surface area (Å²) in [5.41, 5.74) is 3.34. The number of pyridine rings is 1. The van der Waals surface area contributed by atoms with Crippen molar-refractivity contribution in [2.75, 3.05) is 14.2 Å². The highest BCUT2D eigenvalue weighted by atomic mass is 16.5. The van der Waals surface area contributed by atoms with Gasteiger partial charge in [-0.25, -0.2) is 9.50 Å². The molecule has 6 rings (SSSR count). The minimum Gasteiger partial charge on any atom is -0.493 e. The second-order valence-corrected chi connectivity index (χ2v) is 9.09. The van der Waals surface area contributed by atoms with Crippen molar-refractivity contribution in [1.29, 1.82) is 0 Å². The first-order chi connectivity index (χ1) is 16.5. The van der Waals surface area contributed by atoms with Crippen molar-refractivity contribution in [3.05, 3.63) is 53.7 Å². The van der Waals surface area contributed by atoms with E-state index in [4.69, 9.17) is 29.3 Å². The summed E-state index contributed by atoms with van der Waals surface area (Å²) in [5.74, 6) is 4.98. The number of rotatable bonds is 4. The van der Waals surface area contributed by atoms with Crippen LogP contribution in [0.25, 0.3) is 16.9 Å². The Labute approximate surface area is 198 Å². The largest absolute Gasteiger partial charge is 0.493 e. The van der Waals surface area contributed by atoms with Gasteiger partial charge in [0.25, 0.3) is 0 Å². The van der Waals surface area contributed by atoms with E-state index in [2.05, 4.69) is 25.8 Å². The Bertz CT molecular complexity index is 1330. The van der Waals surface area contributed by atoms with Crippen LogP contribution in [0.4, 0.5) is 0 Å². The molecule has 2 bridgehead atoms. The van der Waals surface area contributed by atoms with Gasteiger partial charge < -0.3 is 14.2 Å². The second-order valence-electron chi connectivity index (χ2n) is 9.09. The zero-order chi connectivity index (χ0) is 23.8. The molecule has 4 heterocycles. The molecule has 0 saturated heterocycles. The molecule has 1 saturated carbocycles. The first kappa shape index (κ1) is 22.1. The van der Waals surface area contributed by atoms with E-state index in [1.54, 1.807) is 32.7 Å². The van der Waals surface area contributed by atoms with E-state index >= 15 is 0 Å². The molecule has 0 unspecified atom stereocenters. The maximum absolute atomic E-state index is 6.24. The molecule has 1 fully saturated rings. The van der Waals surface area contributed by atoms with Crippen LogP contribution in [0.2, 0.25) is 0 Å². The summed E-state index contributed by atoms with van der Waals surface area (Å²) in [5, 5.41) is 4.78. The van der Waals surface area contributed by atoms with E-state index in [1.807, 2.05) is 22.7 Å². The number of hydrogen-bond acceptors (Lipinski definition) is 7. The van der Waals surface area contributed by atoms with Crippen LogP contribution >= 0.6 is 0 Å². The molecule has 0 spiro atoms. The molecule has 1 aromatic carbocycles. The van der Waals surface area contributed by atoms with Crippen LogP contribution in [0.15, 0.2) is 36.7 Å². The summed E-state index contributed by atoms with van der Waals surface area (Å²) in [6.45, 7) is 6.46. The fourth-order valence-electron chi connectivity index (χ4n) is 3.91. The standard InChI is InChI=1S/C22H21N5O3.C4H8/c1-12(2)21-24-16-9-14-8-15(10-17(28-3)19(14)29-4)30-22-18(16)27(21)26-20(25-22)13-6-5-7-23-11-13;1-4-2-3-4/h5-8,10-12H,9H2,1-4H3;4H,2-3H2,1H3. The monoisotopic (exact) mass is 459 g/mol. The normalized spacial score (nSPS) is 14.1. The highest BCUT2D eigenvalue weighted by Gasteiger charge is 2.26. The van der Waals surface area contributed by atoms with Crippen molar-refractivity contribution in [2.24, 2.45) is 5.92 Å². The molecule has 1 aliphatic heterocycles. The Hall–Kier alpha value is -3.68. The van der Waals surface area contributed by atoms with Crippen LogP contribution in [-0.2, 0) is 6.42 Å². The van der Waals surface area contributed by atoms with Crippen molar-refractivity contribution in [3.8, 4) is 34.5 Å². The maximum atomic E-state index is 6.24. The maximum Gasteiger partial charge on any atom is 0.249 e. The van der Waals surface area contributed by atoms with Gasteiger partial charge in [-0.2, -0.15) is 4.98 Å². The van der Waals surface area contributed by atoms with Crippen molar-refractivity contribution < 1.29 is 14.2 Å². The Morgan fingerprint density at radius 3 is 2.53 bits per heavy atom. The number of ether oxygens (including phenoxy) is 3. The summed E-state index contributed by atoms with van der Waals surface area (Å²) in [6, 6.07) is 7.52. The lowest BCUT2D eigenvalue weighted by Crippen LogP contribution is -2.07. The quantitative estimate of drug-likeness (QED) is 0.354. The predicted octanol–water partition coefficient (Wildman–Crippen LogP) is 5.44. The molecular weight excluding hydrogens is 430 g/mol. The van der Waals surface area contributed by atoms with Gasteiger partial charge in [0, 0.05) is 41.9 Å². The van der Waals surface area contributed by atoms with Gasteiger partial charge in [-0.15, -0.1) is 5.10 Å². The van der Waals surface area contributed by atoms with Crippen LogP contribution in [0, 0.1) is 5.92 Å². The number of benzene rings is 1. The van der Waals surface area contributed by atoms with Crippen LogP contribution < -0.4 is 14.2 Å². The fourth-order valence-corrected chi connectivity index (χ4v) is 3.91. The lowest BCUT2D eigenvalue weighted by Gasteiger charge is -2.18. The third-order valence-electron chi connectivity index (χ3n) is 5.96. The molecule has 0 N–H and O–H groups in total. The molecule has 3 aromatic heterocycles. The van der Waals surface area contributed by atoms with Crippen LogP contribution in [-0.4, -0.2) is 38.8 Å². The van der Waals surface area contributed by atoms with E-state index in [1.165, 1.54) is 12.8 Å². The minimum absolute atomic E-state index is 0.163. The molecule has 2 aliphatic rings. The molecule has 8 nitrogen and oxygen atoms in total. The number of fused-ring (bicyclic) bond motifs is 2. The van der Waals surface area contributed by atoms with Crippen LogP contribution in [0.5, 0.6) is 23.1 Å². The summed E-state index contributed by atoms with van der Waals surface area (Å²) < 4.78 is 19.2. The van der Waals surface area contributed by atoms with Gasteiger partial charge in [-0.05, 0) is 24.1 Å². The molecule has 0 atom stereocenters. The van der Waals surface area contributed by atoms with Gasteiger partial charge >= 0.3 is 0 Å². The Balaban J connectivity index is 0.000000547. The van der Waals surface area contributed by atoms with Gasteiger partial charge in [0.15, 0.2) is 22.8 Å². The number of aromatic nitrogens is 5. The van der Waals surface area contributed by atoms with E-state index in [0.29, 0.717) is 35.4 Å². The average Bonchev–Trinajstić information content (AvgIpc) is 3.53. The minimum atomic E-state index is 0.163. The van der Waals surface area contributed by atoms with Gasteiger partial charge in [0.2, 0.25) is 5.88 Å². The molecule has 176 valence electrons. The van der Waals surface area contributed by atoms with E-state index in [-0.39, 0.29) is 5.92 Å². The number of nitrogens with zero attached hydrogens (tertiary/aromatic N) is 5. The van der Waals surface area contributed by atoms with Crippen LogP contribution in [0.1, 0.15) is 56.6 Å². The summed E-state index contributed by atoms with van der Waals surface area (Å²) in [7, 11) is 3.24. The lowest BCUT2D eigenvalue weighted by molar-refractivity contribution is 0.348. The van der Waals surface area contributed by atoms with Gasteiger partial charge in [0.05, 0.1) is 19.9 Å². The topological polar surface area (TPSA) is 83.7 Å². The second kappa shape index (κ2) is 8.93. The van der Waals surface area contributed by atoms with Crippen molar-refractivity contribution in [3.63, 3.8) is 0 Å². The Morgan fingerprint density at radius 2 is 1.91 bits per heavy atom. The summed E-state index contributed by atoms with van der Waals surface area (Å²) >= 11 is 0. The lowest BCUT2D eigenvalue weighted by atomic mass is 10.1. The molecule has 0 amide bonds.